The third-order valence-corrected chi connectivity index (χ3v) is 5.91. The molecule has 2 aromatic rings. The molecule has 1 aliphatic heterocycles. The second-order valence-corrected chi connectivity index (χ2v) is 8.06. The topological polar surface area (TPSA) is 55.8 Å². The van der Waals surface area contributed by atoms with Gasteiger partial charge in [-0.05, 0) is 49.1 Å². The molecule has 3 rings (SSSR count). The monoisotopic (exact) mass is 419 g/mol. The van der Waals surface area contributed by atoms with E-state index in [1.165, 1.54) is 23.1 Å². The summed E-state index contributed by atoms with van der Waals surface area (Å²) in [5, 5.41) is 1.82. The van der Waals surface area contributed by atoms with Gasteiger partial charge in [0.05, 0.1) is 11.5 Å². The number of thioether (sulfide) groups is 1. The molecule has 0 bridgehead atoms. The molecule has 5 nitrogen and oxygen atoms in total. The second-order valence-electron chi connectivity index (χ2n) is 5.43. The largest absolute Gasteiger partial charge is 0.490 e. The van der Waals surface area contributed by atoms with Crippen molar-refractivity contribution in [2.75, 3.05) is 13.2 Å². The van der Waals surface area contributed by atoms with Gasteiger partial charge in [0, 0.05) is 6.54 Å². The van der Waals surface area contributed by atoms with Crippen molar-refractivity contribution in [1.29, 1.82) is 0 Å². The molecule has 0 N–H and O–H groups in total. The number of esters is 1. The van der Waals surface area contributed by atoms with Crippen molar-refractivity contribution in [1.82, 2.24) is 4.90 Å². The average Bonchev–Trinajstić information content (AvgIpc) is 3.26. The Labute approximate surface area is 171 Å². The fraction of sp³-hybridized carbons (Fsp3) is 0.211. The second kappa shape index (κ2) is 8.69. The quantitative estimate of drug-likeness (QED) is 0.295. The van der Waals surface area contributed by atoms with Crippen LogP contribution in [0.25, 0.3) is 6.08 Å². The molecule has 1 fully saturated rings. The molecular formula is C19H17NO4S3. The zero-order valence-electron chi connectivity index (χ0n) is 14.8. The molecule has 1 aromatic heterocycles. The summed E-state index contributed by atoms with van der Waals surface area (Å²) in [5.74, 6) is 0.261. The highest BCUT2D eigenvalue weighted by Gasteiger charge is 2.30. The number of ether oxygens (including phenoxy) is 2. The van der Waals surface area contributed by atoms with Crippen LogP contribution in [-0.4, -0.2) is 34.2 Å². The van der Waals surface area contributed by atoms with Crippen LogP contribution in [0.5, 0.6) is 11.5 Å². The third kappa shape index (κ3) is 4.40. The van der Waals surface area contributed by atoms with Gasteiger partial charge in [-0.1, -0.05) is 36.1 Å². The first kappa shape index (κ1) is 19.6. The van der Waals surface area contributed by atoms with Gasteiger partial charge in [0.25, 0.3) is 5.91 Å². The van der Waals surface area contributed by atoms with Crippen molar-refractivity contribution < 1.29 is 19.1 Å². The van der Waals surface area contributed by atoms with Crippen LogP contribution in [0.15, 0.2) is 40.6 Å². The summed E-state index contributed by atoms with van der Waals surface area (Å²) in [6.45, 7) is 4.70. The normalized spacial score (nSPS) is 15.5. The van der Waals surface area contributed by atoms with Gasteiger partial charge < -0.3 is 9.47 Å². The van der Waals surface area contributed by atoms with E-state index in [1.54, 1.807) is 41.3 Å². The number of carbonyl (C=O) groups excluding carboxylic acids is 2. The first-order valence-electron chi connectivity index (χ1n) is 8.31. The number of thiophene rings is 1. The van der Waals surface area contributed by atoms with Crippen LogP contribution in [-0.2, 0) is 4.79 Å². The molecule has 0 radical (unpaired) electrons. The number of carbonyl (C=O) groups is 2. The molecule has 27 heavy (non-hydrogen) atoms. The molecule has 1 aromatic carbocycles. The van der Waals surface area contributed by atoms with E-state index in [-0.39, 0.29) is 5.91 Å². The van der Waals surface area contributed by atoms with Crippen molar-refractivity contribution in [2.45, 2.75) is 13.8 Å². The standard InChI is InChI=1S/C19H17NO4S3/c1-3-20-17(21)16(27-19(20)25)11-12-7-8-13(14(10-12)23-4-2)24-18(22)15-6-5-9-26-15/h5-11H,3-4H2,1-2H3/b16-11+. The van der Waals surface area contributed by atoms with Crippen LogP contribution in [0.3, 0.4) is 0 Å². The summed E-state index contributed by atoms with van der Waals surface area (Å²) in [7, 11) is 0. The summed E-state index contributed by atoms with van der Waals surface area (Å²) in [6.07, 6.45) is 1.77. The number of rotatable bonds is 6. The molecule has 8 heteroatoms. The molecule has 0 spiro atoms. The maximum atomic E-state index is 12.4. The fourth-order valence-corrected chi connectivity index (χ4v) is 4.42. The van der Waals surface area contributed by atoms with Gasteiger partial charge >= 0.3 is 5.97 Å². The number of hydrogen-bond acceptors (Lipinski definition) is 7. The molecule has 140 valence electrons. The maximum absolute atomic E-state index is 12.4. The van der Waals surface area contributed by atoms with E-state index in [9.17, 15) is 9.59 Å². The van der Waals surface area contributed by atoms with E-state index in [1.807, 2.05) is 19.2 Å². The van der Waals surface area contributed by atoms with Gasteiger partial charge in [-0.25, -0.2) is 4.79 Å². The van der Waals surface area contributed by atoms with Gasteiger partial charge in [-0.3, -0.25) is 9.69 Å². The molecule has 0 saturated carbocycles. The van der Waals surface area contributed by atoms with Gasteiger partial charge in [0.2, 0.25) is 0 Å². The predicted molar refractivity (Wildman–Crippen MR) is 112 cm³/mol. The van der Waals surface area contributed by atoms with Gasteiger partial charge in [0.1, 0.15) is 9.20 Å². The number of hydrogen-bond donors (Lipinski definition) is 0. The molecule has 0 atom stereocenters. The Kier molecular flexibility index (Phi) is 6.30. The molecule has 1 aliphatic rings. The molecule has 2 heterocycles. The van der Waals surface area contributed by atoms with Crippen molar-refractivity contribution in [3.8, 4) is 11.5 Å². The summed E-state index contributed by atoms with van der Waals surface area (Å²) in [4.78, 5) is 27.2. The highest BCUT2D eigenvalue weighted by molar-refractivity contribution is 8.26. The minimum atomic E-state index is -0.428. The summed E-state index contributed by atoms with van der Waals surface area (Å²) in [5.41, 5.74) is 0.769. The van der Waals surface area contributed by atoms with Crippen LogP contribution in [0.2, 0.25) is 0 Å². The van der Waals surface area contributed by atoms with Crippen LogP contribution in [0.1, 0.15) is 29.1 Å². The lowest BCUT2D eigenvalue weighted by Gasteiger charge is -2.11. The van der Waals surface area contributed by atoms with E-state index in [0.717, 1.165) is 5.56 Å². The first-order chi connectivity index (χ1) is 13.0. The van der Waals surface area contributed by atoms with Crippen LogP contribution < -0.4 is 9.47 Å². The Morgan fingerprint density at radius 3 is 2.70 bits per heavy atom. The Balaban J connectivity index is 1.85. The van der Waals surface area contributed by atoms with Crippen molar-refractivity contribution in [3.05, 3.63) is 51.1 Å². The number of benzene rings is 1. The molecule has 1 amide bonds. The van der Waals surface area contributed by atoms with E-state index >= 15 is 0 Å². The van der Waals surface area contributed by atoms with Crippen LogP contribution in [0, 0.1) is 0 Å². The number of amides is 1. The Morgan fingerprint density at radius 2 is 2.07 bits per heavy atom. The Bertz CT molecular complexity index is 906. The van der Waals surface area contributed by atoms with E-state index in [4.69, 9.17) is 21.7 Å². The summed E-state index contributed by atoms with van der Waals surface area (Å²) < 4.78 is 11.6. The van der Waals surface area contributed by atoms with Crippen molar-refractivity contribution in [3.63, 3.8) is 0 Å². The number of likely N-dealkylation sites (N-methyl/N-ethyl adjacent to an activating group) is 1. The summed E-state index contributed by atoms with van der Waals surface area (Å²) >= 11 is 7.82. The molecule has 0 aliphatic carbocycles. The Morgan fingerprint density at radius 1 is 1.26 bits per heavy atom. The van der Waals surface area contributed by atoms with Gasteiger partial charge in [0.15, 0.2) is 11.5 Å². The number of nitrogens with zero attached hydrogens (tertiary/aromatic N) is 1. The molecular weight excluding hydrogens is 402 g/mol. The smallest absolute Gasteiger partial charge is 0.353 e. The van der Waals surface area contributed by atoms with E-state index in [2.05, 4.69) is 0 Å². The van der Waals surface area contributed by atoms with Crippen LogP contribution in [0.4, 0.5) is 0 Å². The lowest BCUT2D eigenvalue weighted by Crippen LogP contribution is -2.27. The van der Waals surface area contributed by atoms with E-state index in [0.29, 0.717) is 38.8 Å². The van der Waals surface area contributed by atoms with Crippen LogP contribution >= 0.6 is 35.3 Å². The average molecular weight is 420 g/mol. The minimum Gasteiger partial charge on any atom is -0.490 e. The van der Waals surface area contributed by atoms with Crippen molar-refractivity contribution >= 4 is 57.6 Å². The maximum Gasteiger partial charge on any atom is 0.353 e. The summed E-state index contributed by atoms with van der Waals surface area (Å²) in [6, 6.07) is 8.69. The highest BCUT2D eigenvalue weighted by Crippen LogP contribution is 2.35. The molecule has 0 unspecified atom stereocenters. The SMILES string of the molecule is CCOc1cc(/C=C2/SC(=S)N(CC)C2=O)ccc1OC(=O)c1cccs1. The first-order valence-corrected chi connectivity index (χ1v) is 10.4. The fourth-order valence-electron chi connectivity index (χ4n) is 2.44. The zero-order valence-corrected chi connectivity index (χ0v) is 17.2. The van der Waals surface area contributed by atoms with Gasteiger partial charge in [-0.2, -0.15) is 0 Å². The highest BCUT2D eigenvalue weighted by atomic mass is 32.2. The van der Waals surface area contributed by atoms with Gasteiger partial charge in [-0.15, -0.1) is 11.3 Å². The van der Waals surface area contributed by atoms with E-state index < -0.39 is 5.97 Å². The van der Waals surface area contributed by atoms with Crippen molar-refractivity contribution in [2.24, 2.45) is 0 Å². The number of thiocarbonyl (C=S) groups is 1. The lowest BCUT2D eigenvalue weighted by molar-refractivity contribution is -0.121. The lowest BCUT2D eigenvalue weighted by atomic mass is 10.2. The third-order valence-electron chi connectivity index (χ3n) is 3.68. The minimum absolute atomic E-state index is 0.0985. The predicted octanol–water partition coefficient (Wildman–Crippen LogP) is 4.59. The zero-order chi connectivity index (χ0) is 19.4. The molecule has 1 saturated heterocycles. The Hall–Kier alpha value is -2.16.